The third kappa shape index (κ3) is 59.3. The molecule has 0 aromatic heterocycles. The first-order chi connectivity index (χ1) is 35.5. The van der Waals surface area contributed by atoms with Gasteiger partial charge >= 0.3 is 17.9 Å². The lowest BCUT2D eigenvalue weighted by Gasteiger charge is -2.18. The van der Waals surface area contributed by atoms with Crippen LogP contribution >= 0.6 is 0 Å². The highest BCUT2D eigenvalue weighted by Crippen LogP contribution is 2.19. The minimum Gasteiger partial charge on any atom is -0.462 e. The van der Waals surface area contributed by atoms with Crippen molar-refractivity contribution in [3.63, 3.8) is 0 Å². The summed E-state index contributed by atoms with van der Waals surface area (Å²) in [5.41, 5.74) is 0. The van der Waals surface area contributed by atoms with Crippen LogP contribution in [-0.2, 0) is 28.6 Å². The van der Waals surface area contributed by atoms with Gasteiger partial charge in [-0.25, -0.2) is 0 Å². The number of carbonyl (C=O) groups is 3. The van der Waals surface area contributed by atoms with Gasteiger partial charge in [-0.05, 0) is 19.3 Å². The first-order valence-electron chi connectivity index (χ1n) is 33.0. The molecule has 1 atom stereocenters. The normalized spacial score (nSPS) is 11.9. The van der Waals surface area contributed by atoms with Gasteiger partial charge in [-0.15, -0.1) is 0 Å². The van der Waals surface area contributed by atoms with Gasteiger partial charge in [0.05, 0.1) is 0 Å². The second-order valence-corrected chi connectivity index (χ2v) is 22.8. The maximum atomic E-state index is 12.9. The van der Waals surface area contributed by atoms with Crippen LogP contribution in [0.25, 0.3) is 0 Å². The molecule has 0 radical (unpaired) electrons. The van der Waals surface area contributed by atoms with E-state index in [0.29, 0.717) is 19.3 Å². The van der Waals surface area contributed by atoms with Gasteiger partial charge in [0, 0.05) is 19.3 Å². The Morgan fingerprint density at radius 1 is 0.222 bits per heavy atom. The van der Waals surface area contributed by atoms with E-state index in [9.17, 15) is 14.4 Å². The molecule has 0 N–H and O–H groups in total. The molecule has 0 fully saturated rings. The highest BCUT2D eigenvalue weighted by molar-refractivity contribution is 5.71. The minimum absolute atomic E-state index is 0.0608. The Bertz CT molecular complexity index is 1080. The van der Waals surface area contributed by atoms with Crippen molar-refractivity contribution in [2.75, 3.05) is 13.2 Å². The molecular formula is C66H128O6. The average molecular weight is 1020 g/mol. The fourth-order valence-electron chi connectivity index (χ4n) is 10.4. The smallest absolute Gasteiger partial charge is 0.306 e. The number of esters is 3. The van der Waals surface area contributed by atoms with E-state index in [0.717, 1.165) is 57.8 Å². The van der Waals surface area contributed by atoms with E-state index in [1.54, 1.807) is 0 Å². The number of rotatable bonds is 62. The molecule has 0 aromatic carbocycles. The van der Waals surface area contributed by atoms with Gasteiger partial charge in [0.1, 0.15) is 13.2 Å². The van der Waals surface area contributed by atoms with Crippen molar-refractivity contribution < 1.29 is 28.6 Å². The maximum Gasteiger partial charge on any atom is 0.306 e. The molecule has 0 spiro atoms. The standard InChI is InChI=1S/C66H128O6/c1-4-7-10-13-16-19-22-24-26-28-30-31-32-33-34-35-37-38-40-42-44-47-50-53-56-59-65(68)71-62-63(61-70-64(67)58-55-52-49-46-21-18-15-12-9-6-3)72-66(69)60-57-54-51-48-45-43-41-39-36-29-27-25-23-20-17-14-11-8-5-2/h63H,4-62H2,1-3H3. The van der Waals surface area contributed by atoms with E-state index in [4.69, 9.17) is 14.2 Å². The average Bonchev–Trinajstić information content (AvgIpc) is 3.38. The predicted octanol–water partition coefficient (Wildman–Crippen LogP) is 22.3. The molecule has 0 rings (SSSR count). The van der Waals surface area contributed by atoms with Crippen molar-refractivity contribution in [2.24, 2.45) is 0 Å². The number of carbonyl (C=O) groups excluding carboxylic acids is 3. The fraction of sp³-hybridized carbons (Fsp3) is 0.955. The van der Waals surface area contributed by atoms with Gasteiger partial charge in [0.2, 0.25) is 0 Å². The third-order valence-electron chi connectivity index (χ3n) is 15.4. The van der Waals surface area contributed by atoms with Gasteiger partial charge < -0.3 is 14.2 Å². The number of unbranched alkanes of at least 4 members (excludes halogenated alkanes) is 51. The zero-order valence-electron chi connectivity index (χ0n) is 49.2. The summed E-state index contributed by atoms with van der Waals surface area (Å²) in [7, 11) is 0. The van der Waals surface area contributed by atoms with Crippen LogP contribution in [0.2, 0.25) is 0 Å². The van der Waals surface area contributed by atoms with Crippen molar-refractivity contribution in [2.45, 2.75) is 393 Å². The summed E-state index contributed by atoms with van der Waals surface area (Å²) in [6, 6.07) is 0. The highest BCUT2D eigenvalue weighted by Gasteiger charge is 2.19. The second kappa shape index (κ2) is 62.0. The molecule has 0 aliphatic heterocycles. The molecule has 0 saturated heterocycles. The van der Waals surface area contributed by atoms with Crippen LogP contribution in [0.4, 0.5) is 0 Å². The molecule has 0 aliphatic rings. The van der Waals surface area contributed by atoms with Gasteiger partial charge in [-0.3, -0.25) is 14.4 Å². The van der Waals surface area contributed by atoms with Gasteiger partial charge in [-0.1, -0.05) is 348 Å². The molecule has 428 valence electrons. The van der Waals surface area contributed by atoms with E-state index in [1.165, 1.54) is 289 Å². The molecule has 1 unspecified atom stereocenters. The third-order valence-corrected chi connectivity index (χ3v) is 15.4. The summed E-state index contributed by atoms with van der Waals surface area (Å²) < 4.78 is 16.9. The zero-order valence-corrected chi connectivity index (χ0v) is 49.2. The Labute approximate surface area is 450 Å². The Balaban J connectivity index is 4.13. The number of hydrogen-bond donors (Lipinski definition) is 0. The summed E-state index contributed by atoms with van der Waals surface area (Å²) in [5, 5.41) is 0. The minimum atomic E-state index is -0.762. The maximum absolute atomic E-state index is 12.9. The Morgan fingerprint density at radius 2 is 0.375 bits per heavy atom. The molecule has 72 heavy (non-hydrogen) atoms. The lowest BCUT2D eigenvalue weighted by atomic mass is 10.0. The Kier molecular flexibility index (Phi) is 60.6. The van der Waals surface area contributed by atoms with E-state index in [2.05, 4.69) is 20.8 Å². The summed E-state index contributed by atoms with van der Waals surface area (Å²) in [5.74, 6) is -0.828. The van der Waals surface area contributed by atoms with Gasteiger partial charge in [0.15, 0.2) is 6.10 Å². The first-order valence-corrected chi connectivity index (χ1v) is 33.0. The van der Waals surface area contributed by atoms with E-state index in [1.807, 2.05) is 0 Å². The first kappa shape index (κ1) is 70.4. The predicted molar refractivity (Wildman–Crippen MR) is 312 cm³/mol. The van der Waals surface area contributed by atoms with Crippen LogP contribution in [0, 0.1) is 0 Å². The van der Waals surface area contributed by atoms with E-state index < -0.39 is 6.10 Å². The van der Waals surface area contributed by atoms with Crippen LogP contribution in [0.5, 0.6) is 0 Å². The summed E-state index contributed by atoms with van der Waals surface area (Å²) >= 11 is 0. The molecule has 0 bridgehead atoms. The van der Waals surface area contributed by atoms with Crippen molar-refractivity contribution in [1.82, 2.24) is 0 Å². The summed E-state index contributed by atoms with van der Waals surface area (Å²) in [6.45, 7) is 6.72. The van der Waals surface area contributed by atoms with Crippen LogP contribution in [0.15, 0.2) is 0 Å². The van der Waals surface area contributed by atoms with Crippen LogP contribution in [0.3, 0.4) is 0 Å². The summed E-state index contributed by atoms with van der Waals surface area (Å²) in [6.07, 6.45) is 71.3. The molecule has 6 nitrogen and oxygen atoms in total. The summed E-state index contributed by atoms with van der Waals surface area (Å²) in [4.78, 5) is 38.2. The number of hydrogen-bond acceptors (Lipinski definition) is 6. The number of ether oxygens (including phenoxy) is 3. The monoisotopic (exact) mass is 1020 g/mol. The molecule has 6 heteroatoms. The SMILES string of the molecule is CCCCCCCCCCCCCCCCCCCCCCCCCCCC(=O)OCC(COC(=O)CCCCCCCCCCCC)OC(=O)CCCCCCCCCCCCCCCCCCCCC. The van der Waals surface area contributed by atoms with E-state index in [-0.39, 0.29) is 31.1 Å². The van der Waals surface area contributed by atoms with Crippen molar-refractivity contribution in [3.8, 4) is 0 Å². The molecule has 0 heterocycles. The molecule has 0 aromatic rings. The Morgan fingerprint density at radius 3 is 0.556 bits per heavy atom. The Hall–Kier alpha value is -1.59. The second-order valence-electron chi connectivity index (χ2n) is 22.8. The fourth-order valence-corrected chi connectivity index (χ4v) is 10.4. The molecule has 0 aliphatic carbocycles. The van der Waals surface area contributed by atoms with Crippen molar-refractivity contribution in [3.05, 3.63) is 0 Å². The van der Waals surface area contributed by atoms with Crippen molar-refractivity contribution in [1.29, 1.82) is 0 Å². The largest absolute Gasteiger partial charge is 0.462 e. The highest BCUT2D eigenvalue weighted by atomic mass is 16.6. The van der Waals surface area contributed by atoms with Crippen LogP contribution in [-0.4, -0.2) is 37.2 Å². The molecule has 0 saturated carbocycles. The zero-order chi connectivity index (χ0) is 52.2. The quantitative estimate of drug-likeness (QED) is 0.0343. The topological polar surface area (TPSA) is 78.9 Å². The van der Waals surface area contributed by atoms with Gasteiger partial charge in [-0.2, -0.15) is 0 Å². The lowest BCUT2D eigenvalue weighted by Crippen LogP contribution is -2.30. The molecule has 0 amide bonds. The van der Waals surface area contributed by atoms with Gasteiger partial charge in [0.25, 0.3) is 0 Å². The lowest BCUT2D eigenvalue weighted by molar-refractivity contribution is -0.167. The van der Waals surface area contributed by atoms with Crippen LogP contribution < -0.4 is 0 Å². The van der Waals surface area contributed by atoms with E-state index >= 15 is 0 Å². The molecular weight excluding hydrogens is 889 g/mol. The van der Waals surface area contributed by atoms with Crippen LogP contribution in [0.1, 0.15) is 387 Å². The van der Waals surface area contributed by atoms with Crippen molar-refractivity contribution >= 4 is 17.9 Å².